The van der Waals surface area contributed by atoms with Crippen molar-refractivity contribution in [2.45, 2.75) is 12.8 Å². The van der Waals surface area contributed by atoms with Crippen molar-refractivity contribution in [2.24, 2.45) is 11.7 Å². The minimum atomic E-state index is -0.705. The molecule has 0 spiro atoms. The first-order chi connectivity index (χ1) is 14.9. The summed E-state index contributed by atoms with van der Waals surface area (Å²) in [6.07, 6.45) is 1.02. The summed E-state index contributed by atoms with van der Waals surface area (Å²) in [4.78, 5) is 42.9. The van der Waals surface area contributed by atoms with Crippen LogP contribution >= 0.6 is 11.3 Å². The van der Waals surface area contributed by atoms with Gasteiger partial charge in [0.05, 0.1) is 14.2 Å². The summed E-state index contributed by atoms with van der Waals surface area (Å²) in [5.74, 6) is -0.296. The van der Waals surface area contributed by atoms with E-state index in [0.29, 0.717) is 53.1 Å². The number of methoxy groups -OCH3 is 2. The van der Waals surface area contributed by atoms with E-state index in [9.17, 15) is 14.4 Å². The van der Waals surface area contributed by atoms with Crippen LogP contribution in [0.5, 0.6) is 11.5 Å². The molecule has 1 fully saturated rings. The Labute approximate surface area is 183 Å². The van der Waals surface area contributed by atoms with Crippen LogP contribution in [0.1, 0.15) is 33.7 Å². The van der Waals surface area contributed by atoms with Crippen molar-refractivity contribution in [2.75, 3.05) is 45.0 Å². The van der Waals surface area contributed by atoms with Crippen molar-refractivity contribution in [3.63, 3.8) is 0 Å². The summed E-state index contributed by atoms with van der Waals surface area (Å²) in [5, 5.41) is 6.40. The number of primary amides is 1. The Hall–Kier alpha value is -3.34. The topological polar surface area (TPSA) is 136 Å². The molecule has 0 aliphatic carbocycles. The molecule has 0 bridgehead atoms. The average molecular weight is 448 g/mol. The first-order valence-electron chi connectivity index (χ1n) is 9.68. The van der Waals surface area contributed by atoms with E-state index in [2.05, 4.69) is 15.6 Å². The predicted molar refractivity (Wildman–Crippen MR) is 117 cm³/mol. The van der Waals surface area contributed by atoms with Crippen molar-refractivity contribution in [3.8, 4) is 11.5 Å². The normalized spacial score (nSPS) is 14.1. The Morgan fingerprint density at radius 2 is 1.84 bits per heavy atom. The largest absolute Gasteiger partial charge is 0.493 e. The second kappa shape index (κ2) is 9.65. The molecule has 166 valence electrons. The molecule has 1 aliphatic rings. The molecule has 2 heterocycles. The maximum Gasteiger partial charge on any atom is 0.270 e. The number of carbonyl (C=O) groups excluding carboxylic acids is 3. The molecule has 0 saturated carbocycles. The Morgan fingerprint density at radius 1 is 1.16 bits per heavy atom. The van der Waals surface area contributed by atoms with Crippen LogP contribution in [0, 0.1) is 5.92 Å². The Balaban J connectivity index is 1.62. The second-order valence-electron chi connectivity index (χ2n) is 6.94. The smallest absolute Gasteiger partial charge is 0.270 e. The number of aromatic nitrogens is 1. The lowest BCUT2D eigenvalue weighted by molar-refractivity contribution is -0.121. The van der Waals surface area contributed by atoms with Gasteiger partial charge in [0, 0.05) is 31.6 Å². The van der Waals surface area contributed by atoms with Crippen molar-refractivity contribution in [1.29, 1.82) is 0 Å². The van der Waals surface area contributed by atoms with Crippen LogP contribution in [-0.2, 0) is 4.79 Å². The zero-order valence-corrected chi connectivity index (χ0v) is 18.4. The quantitative estimate of drug-likeness (QED) is 0.589. The number of carbonyl (C=O) groups is 3. The van der Waals surface area contributed by atoms with E-state index in [1.807, 2.05) is 0 Å². The number of anilines is 2. The number of benzene rings is 1. The maximum atomic E-state index is 12.9. The first kappa shape index (κ1) is 22.3. The number of ether oxygens (including phenoxy) is 2. The summed E-state index contributed by atoms with van der Waals surface area (Å²) in [5.41, 5.74) is 5.88. The number of likely N-dealkylation sites (tertiary alicyclic amines) is 1. The number of amides is 3. The molecule has 3 amide bonds. The molecule has 10 nitrogen and oxygen atoms in total. The zero-order chi connectivity index (χ0) is 22.5. The monoisotopic (exact) mass is 447 g/mol. The number of thiazole rings is 1. The van der Waals surface area contributed by atoms with Crippen LogP contribution in [-0.4, -0.2) is 62.0 Å². The summed E-state index contributed by atoms with van der Waals surface area (Å²) in [7, 11) is 4.72. The van der Waals surface area contributed by atoms with Gasteiger partial charge in [0.15, 0.2) is 22.3 Å². The lowest BCUT2D eigenvalue weighted by atomic mass is 9.95. The average Bonchev–Trinajstić information content (AvgIpc) is 3.21. The van der Waals surface area contributed by atoms with Gasteiger partial charge in [-0.1, -0.05) is 11.3 Å². The van der Waals surface area contributed by atoms with Crippen LogP contribution in [0.4, 0.5) is 10.1 Å². The Bertz CT molecular complexity index is 984. The van der Waals surface area contributed by atoms with Crippen molar-refractivity contribution in [3.05, 3.63) is 29.5 Å². The molecular formula is C20H25N5O5S. The van der Waals surface area contributed by atoms with E-state index in [1.54, 1.807) is 30.1 Å². The molecule has 1 aromatic carbocycles. The predicted octanol–water partition coefficient (Wildman–Crippen LogP) is 1.79. The zero-order valence-electron chi connectivity index (χ0n) is 17.6. The second-order valence-corrected chi connectivity index (χ2v) is 7.94. The molecule has 4 N–H and O–H groups in total. The van der Waals surface area contributed by atoms with Crippen molar-refractivity contribution in [1.82, 2.24) is 9.88 Å². The SMILES string of the molecule is CNc1nc(C(N)=O)c(NC(=O)C2CCN(C(=O)c3ccc(OC)c(OC)c3)CC2)s1. The lowest BCUT2D eigenvalue weighted by Crippen LogP contribution is -2.41. The molecule has 11 heteroatoms. The van der Waals surface area contributed by atoms with Gasteiger partial charge in [-0.05, 0) is 31.0 Å². The fourth-order valence-electron chi connectivity index (χ4n) is 3.39. The van der Waals surface area contributed by atoms with Crippen molar-refractivity contribution >= 4 is 39.2 Å². The van der Waals surface area contributed by atoms with E-state index in [1.165, 1.54) is 14.2 Å². The van der Waals surface area contributed by atoms with Crippen molar-refractivity contribution < 1.29 is 23.9 Å². The Kier molecular flexibility index (Phi) is 6.95. The molecule has 1 aromatic heterocycles. The number of nitrogens with two attached hydrogens (primary N) is 1. The molecule has 31 heavy (non-hydrogen) atoms. The molecular weight excluding hydrogens is 422 g/mol. The van der Waals surface area contributed by atoms with Gasteiger partial charge in [-0.2, -0.15) is 0 Å². The van der Waals surface area contributed by atoms with Gasteiger partial charge in [-0.15, -0.1) is 0 Å². The van der Waals surface area contributed by atoms with Gasteiger partial charge < -0.3 is 30.7 Å². The van der Waals surface area contributed by atoms with E-state index in [0.717, 1.165) is 11.3 Å². The molecule has 1 saturated heterocycles. The summed E-state index contributed by atoms with van der Waals surface area (Å²) in [6.45, 7) is 0.886. The van der Waals surface area contributed by atoms with E-state index in [4.69, 9.17) is 15.2 Å². The van der Waals surface area contributed by atoms with Gasteiger partial charge in [0.2, 0.25) is 5.91 Å². The van der Waals surface area contributed by atoms with Crippen LogP contribution < -0.4 is 25.8 Å². The molecule has 0 atom stereocenters. The summed E-state index contributed by atoms with van der Waals surface area (Å²) >= 11 is 1.15. The summed E-state index contributed by atoms with van der Waals surface area (Å²) in [6, 6.07) is 5.03. The van der Waals surface area contributed by atoms with Crippen LogP contribution in [0.25, 0.3) is 0 Å². The van der Waals surface area contributed by atoms with Gasteiger partial charge in [0.1, 0.15) is 5.00 Å². The fourth-order valence-corrected chi connectivity index (χ4v) is 4.22. The highest BCUT2D eigenvalue weighted by molar-refractivity contribution is 7.20. The summed E-state index contributed by atoms with van der Waals surface area (Å²) < 4.78 is 10.5. The molecule has 0 unspecified atom stereocenters. The number of hydrogen-bond donors (Lipinski definition) is 3. The van der Waals surface area contributed by atoms with Gasteiger partial charge >= 0.3 is 0 Å². The number of nitrogens with one attached hydrogen (secondary N) is 2. The third-order valence-electron chi connectivity index (χ3n) is 5.09. The number of rotatable bonds is 7. The van der Waals surface area contributed by atoms with Crippen LogP contribution in [0.15, 0.2) is 18.2 Å². The highest BCUT2D eigenvalue weighted by Crippen LogP contribution is 2.31. The van der Waals surface area contributed by atoms with E-state index in [-0.39, 0.29) is 23.4 Å². The van der Waals surface area contributed by atoms with Crippen LogP contribution in [0.2, 0.25) is 0 Å². The minimum absolute atomic E-state index is 0.0313. The van der Waals surface area contributed by atoms with Crippen LogP contribution in [0.3, 0.4) is 0 Å². The Morgan fingerprint density at radius 3 is 2.42 bits per heavy atom. The van der Waals surface area contributed by atoms with E-state index >= 15 is 0 Å². The van der Waals surface area contributed by atoms with Gasteiger partial charge in [-0.3, -0.25) is 14.4 Å². The number of piperidine rings is 1. The highest BCUT2D eigenvalue weighted by atomic mass is 32.1. The number of nitrogens with zero attached hydrogens (tertiary/aromatic N) is 2. The molecule has 2 aromatic rings. The third-order valence-corrected chi connectivity index (χ3v) is 6.08. The highest BCUT2D eigenvalue weighted by Gasteiger charge is 2.29. The third kappa shape index (κ3) is 4.88. The van der Waals surface area contributed by atoms with Gasteiger partial charge in [0.25, 0.3) is 11.8 Å². The molecule has 1 aliphatic heterocycles. The van der Waals surface area contributed by atoms with Gasteiger partial charge in [-0.25, -0.2) is 4.98 Å². The molecule has 3 rings (SSSR count). The lowest BCUT2D eigenvalue weighted by Gasteiger charge is -2.31. The molecule has 0 radical (unpaired) electrons. The fraction of sp³-hybridized carbons (Fsp3) is 0.400. The minimum Gasteiger partial charge on any atom is -0.493 e. The standard InChI is InChI=1S/C20H25N5O5S/c1-22-20-23-15(16(21)26)18(31-20)24-17(27)11-6-8-25(9-7-11)19(28)12-4-5-13(29-2)14(10-12)30-3/h4-5,10-11H,6-9H2,1-3H3,(H2,21,26)(H,22,23)(H,24,27). The van der Waals surface area contributed by atoms with E-state index < -0.39 is 5.91 Å². The maximum absolute atomic E-state index is 12.9. The first-order valence-corrected chi connectivity index (χ1v) is 10.5. The number of hydrogen-bond acceptors (Lipinski definition) is 8.